The Morgan fingerprint density at radius 1 is 1.03 bits per heavy atom. The van der Waals surface area contributed by atoms with Crippen molar-refractivity contribution in [1.29, 1.82) is 0 Å². The predicted octanol–water partition coefficient (Wildman–Crippen LogP) is 4.69. The maximum atomic E-state index is 13.0. The summed E-state index contributed by atoms with van der Waals surface area (Å²) >= 11 is 1.41. The highest BCUT2D eigenvalue weighted by molar-refractivity contribution is 7.92. The number of aromatic nitrogens is 1. The van der Waals surface area contributed by atoms with E-state index in [-0.39, 0.29) is 4.90 Å². The molecule has 1 aromatic heterocycles. The van der Waals surface area contributed by atoms with Gasteiger partial charge in [-0.3, -0.25) is 9.10 Å². The molecule has 0 aliphatic carbocycles. The number of amides is 1. The lowest BCUT2D eigenvalue weighted by Gasteiger charge is -2.19. The fraction of sp³-hybridized carbons (Fsp3) is 0.200. The maximum absolute atomic E-state index is 13.0. The first-order chi connectivity index (χ1) is 16.3. The normalized spacial score (nSPS) is 12.1. The summed E-state index contributed by atoms with van der Waals surface area (Å²) in [6.45, 7) is 5.16. The van der Waals surface area contributed by atoms with Gasteiger partial charge in [0, 0.05) is 19.2 Å². The number of ether oxygens (including phenoxy) is 1. The molecule has 9 heteroatoms. The second kappa shape index (κ2) is 9.82. The molecule has 1 amide bonds. The molecule has 1 heterocycles. The second-order valence-corrected chi connectivity index (χ2v) is 10.4. The van der Waals surface area contributed by atoms with Gasteiger partial charge in [-0.1, -0.05) is 29.5 Å². The van der Waals surface area contributed by atoms with E-state index in [9.17, 15) is 13.2 Å². The van der Waals surface area contributed by atoms with Crippen LogP contribution in [0.2, 0.25) is 0 Å². The van der Waals surface area contributed by atoms with Gasteiger partial charge in [-0.2, -0.15) is 4.99 Å². The minimum absolute atomic E-state index is 0.101. The van der Waals surface area contributed by atoms with E-state index >= 15 is 0 Å². The van der Waals surface area contributed by atoms with Gasteiger partial charge in [0.15, 0.2) is 4.80 Å². The van der Waals surface area contributed by atoms with Crippen molar-refractivity contribution in [3.05, 3.63) is 83.2 Å². The number of hydrogen-bond donors (Lipinski definition) is 0. The van der Waals surface area contributed by atoms with Crippen LogP contribution < -0.4 is 13.8 Å². The third-order valence-electron chi connectivity index (χ3n) is 5.36. The third kappa shape index (κ3) is 4.62. The first-order valence-electron chi connectivity index (χ1n) is 10.8. The average Bonchev–Trinajstić information content (AvgIpc) is 3.20. The van der Waals surface area contributed by atoms with Gasteiger partial charge in [0.25, 0.3) is 15.9 Å². The number of anilines is 1. The molecular formula is C25H25N3O4S2. The number of thiazole rings is 1. The van der Waals surface area contributed by atoms with Crippen molar-refractivity contribution in [3.8, 4) is 5.75 Å². The Balaban J connectivity index is 1.64. The first-order valence-corrected chi connectivity index (χ1v) is 13.1. The zero-order valence-corrected chi connectivity index (χ0v) is 20.8. The molecule has 34 heavy (non-hydrogen) atoms. The molecule has 0 saturated heterocycles. The maximum Gasteiger partial charge on any atom is 0.279 e. The SMILES string of the molecule is CCOc1ccc2c(c1)sc(=NC(=O)c1ccc(S(=O)(=O)N(C)c3ccccc3)cc1)n2CC. The van der Waals surface area contributed by atoms with Crippen molar-refractivity contribution in [1.82, 2.24) is 4.57 Å². The van der Waals surface area contributed by atoms with Gasteiger partial charge in [0.1, 0.15) is 5.75 Å². The van der Waals surface area contributed by atoms with Gasteiger partial charge in [0.2, 0.25) is 0 Å². The number of carbonyl (C=O) groups excluding carboxylic acids is 1. The van der Waals surface area contributed by atoms with E-state index in [1.165, 1.54) is 47.0 Å². The molecule has 0 bridgehead atoms. The summed E-state index contributed by atoms with van der Waals surface area (Å²) in [5.41, 5.74) is 1.85. The highest BCUT2D eigenvalue weighted by Crippen LogP contribution is 2.24. The number of para-hydroxylation sites is 1. The monoisotopic (exact) mass is 495 g/mol. The molecule has 7 nitrogen and oxygen atoms in total. The Labute approximate surface area is 202 Å². The largest absolute Gasteiger partial charge is 0.494 e. The Morgan fingerprint density at radius 3 is 2.38 bits per heavy atom. The Bertz CT molecular complexity index is 1490. The smallest absolute Gasteiger partial charge is 0.279 e. The van der Waals surface area contributed by atoms with E-state index < -0.39 is 15.9 Å². The average molecular weight is 496 g/mol. The van der Waals surface area contributed by atoms with Gasteiger partial charge in [0.05, 0.1) is 27.4 Å². The highest BCUT2D eigenvalue weighted by Gasteiger charge is 2.21. The van der Waals surface area contributed by atoms with Crippen molar-refractivity contribution in [3.63, 3.8) is 0 Å². The summed E-state index contributed by atoms with van der Waals surface area (Å²) in [5, 5.41) is 0. The summed E-state index contributed by atoms with van der Waals surface area (Å²) in [5.74, 6) is 0.341. The number of hydrogen-bond acceptors (Lipinski definition) is 5. The van der Waals surface area contributed by atoms with E-state index in [4.69, 9.17) is 4.74 Å². The van der Waals surface area contributed by atoms with Crippen molar-refractivity contribution in [2.24, 2.45) is 4.99 Å². The summed E-state index contributed by atoms with van der Waals surface area (Å²) in [7, 11) is -2.25. The molecule has 0 atom stereocenters. The van der Waals surface area contributed by atoms with Crippen LogP contribution in [0.3, 0.4) is 0 Å². The molecule has 0 N–H and O–H groups in total. The summed E-state index contributed by atoms with van der Waals surface area (Å²) in [4.78, 5) is 17.9. The quantitative estimate of drug-likeness (QED) is 0.373. The highest BCUT2D eigenvalue weighted by atomic mass is 32.2. The number of aryl methyl sites for hydroxylation is 1. The molecule has 0 saturated carbocycles. The molecule has 0 aliphatic heterocycles. The fourth-order valence-corrected chi connectivity index (χ4v) is 5.87. The van der Waals surface area contributed by atoms with Crippen LogP contribution in [0.1, 0.15) is 24.2 Å². The van der Waals surface area contributed by atoms with E-state index in [1.807, 2.05) is 42.7 Å². The summed E-state index contributed by atoms with van der Waals surface area (Å²) in [6.07, 6.45) is 0. The van der Waals surface area contributed by atoms with Crippen LogP contribution in [-0.4, -0.2) is 32.5 Å². The molecule has 4 aromatic rings. The number of nitrogens with zero attached hydrogens (tertiary/aromatic N) is 3. The van der Waals surface area contributed by atoms with Crippen molar-refractivity contribution in [2.45, 2.75) is 25.3 Å². The van der Waals surface area contributed by atoms with Crippen LogP contribution in [0.15, 0.2) is 82.7 Å². The van der Waals surface area contributed by atoms with Crippen LogP contribution in [-0.2, 0) is 16.6 Å². The standard InChI is InChI=1S/C25H25N3O4S2/c1-4-28-22-16-13-20(32-5-2)17-23(22)33-25(28)26-24(29)18-11-14-21(15-12-18)34(30,31)27(3)19-9-7-6-8-10-19/h6-17H,4-5H2,1-3H3. The Morgan fingerprint density at radius 2 is 1.74 bits per heavy atom. The molecule has 0 unspecified atom stereocenters. The molecule has 4 rings (SSSR count). The van der Waals surface area contributed by atoms with Crippen LogP contribution in [0.5, 0.6) is 5.75 Å². The summed E-state index contributed by atoms with van der Waals surface area (Å²) < 4.78 is 35.7. The molecular weight excluding hydrogens is 470 g/mol. The predicted molar refractivity (Wildman–Crippen MR) is 135 cm³/mol. The Hall–Kier alpha value is -3.43. The molecule has 0 fully saturated rings. The van der Waals surface area contributed by atoms with E-state index in [0.29, 0.717) is 29.2 Å². The number of sulfonamides is 1. The molecule has 0 aliphatic rings. The van der Waals surface area contributed by atoms with Gasteiger partial charge < -0.3 is 9.30 Å². The topological polar surface area (TPSA) is 81.0 Å². The van der Waals surface area contributed by atoms with Gasteiger partial charge in [-0.25, -0.2) is 8.42 Å². The zero-order chi connectivity index (χ0) is 24.3. The number of carbonyl (C=O) groups is 1. The van der Waals surface area contributed by atoms with Crippen molar-refractivity contribution < 1.29 is 17.9 Å². The van der Waals surface area contributed by atoms with Gasteiger partial charge >= 0.3 is 0 Å². The van der Waals surface area contributed by atoms with Crippen LogP contribution in [0.25, 0.3) is 10.2 Å². The fourth-order valence-electron chi connectivity index (χ4n) is 3.56. The molecule has 0 radical (unpaired) electrons. The number of fused-ring (bicyclic) bond motifs is 1. The minimum Gasteiger partial charge on any atom is -0.494 e. The lowest BCUT2D eigenvalue weighted by atomic mass is 10.2. The second-order valence-electron chi connectivity index (χ2n) is 7.44. The van der Waals surface area contributed by atoms with E-state index in [2.05, 4.69) is 4.99 Å². The lowest BCUT2D eigenvalue weighted by molar-refractivity contribution is 0.0997. The molecule has 0 spiro atoms. The summed E-state index contributed by atoms with van der Waals surface area (Å²) in [6, 6.07) is 20.5. The van der Waals surface area contributed by atoms with Crippen molar-refractivity contribution in [2.75, 3.05) is 18.0 Å². The number of rotatable bonds is 7. The third-order valence-corrected chi connectivity index (χ3v) is 8.20. The number of benzene rings is 3. The van der Waals surface area contributed by atoms with Crippen LogP contribution in [0, 0.1) is 0 Å². The molecule has 3 aromatic carbocycles. The zero-order valence-electron chi connectivity index (χ0n) is 19.1. The van der Waals surface area contributed by atoms with E-state index in [1.54, 1.807) is 24.3 Å². The van der Waals surface area contributed by atoms with Gasteiger partial charge in [-0.15, -0.1) is 0 Å². The lowest BCUT2D eigenvalue weighted by Crippen LogP contribution is -2.26. The van der Waals surface area contributed by atoms with Gasteiger partial charge in [-0.05, 0) is 68.4 Å². The first kappa shape index (κ1) is 23.7. The molecule has 176 valence electrons. The van der Waals surface area contributed by atoms with Crippen LogP contribution in [0.4, 0.5) is 5.69 Å². The minimum atomic E-state index is -3.75. The van der Waals surface area contributed by atoms with Crippen LogP contribution >= 0.6 is 11.3 Å². The van der Waals surface area contributed by atoms with E-state index in [0.717, 1.165) is 16.0 Å². The van der Waals surface area contributed by atoms with Crippen molar-refractivity contribution >= 4 is 43.2 Å². The Kier molecular flexibility index (Phi) is 6.85.